The molecule has 2 saturated heterocycles. The summed E-state index contributed by atoms with van der Waals surface area (Å²) in [6, 6.07) is 0. The molecule has 0 amide bonds. The zero-order chi connectivity index (χ0) is 11.2. The van der Waals surface area contributed by atoms with Crippen molar-refractivity contribution in [3.63, 3.8) is 0 Å². The van der Waals surface area contributed by atoms with Crippen molar-refractivity contribution in [2.24, 2.45) is 0 Å². The van der Waals surface area contributed by atoms with E-state index in [1.54, 1.807) is 0 Å². The lowest BCUT2D eigenvalue weighted by Crippen LogP contribution is -2.43. The van der Waals surface area contributed by atoms with Crippen LogP contribution in [0.1, 0.15) is 19.3 Å². The van der Waals surface area contributed by atoms with E-state index in [9.17, 15) is 0 Å². The molecule has 2 atom stereocenters. The Kier molecular flexibility index (Phi) is 5.03. The molecule has 0 aromatic rings. The van der Waals surface area contributed by atoms with Crippen molar-refractivity contribution in [3.05, 3.63) is 0 Å². The Balaban J connectivity index is 1.64. The van der Waals surface area contributed by atoms with Gasteiger partial charge in [0.2, 0.25) is 0 Å². The second kappa shape index (κ2) is 6.55. The molecular weight excluding hydrogens is 204 g/mol. The molecule has 2 unspecified atom stereocenters. The monoisotopic (exact) mass is 228 g/mol. The molecule has 0 aromatic carbocycles. The fourth-order valence-corrected chi connectivity index (χ4v) is 2.54. The molecule has 4 heteroatoms. The van der Waals surface area contributed by atoms with Crippen molar-refractivity contribution < 1.29 is 9.47 Å². The van der Waals surface area contributed by atoms with Crippen LogP contribution < -0.4 is 5.32 Å². The maximum atomic E-state index is 5.70. The second-order valence-electron chi connectivity index (χ2n) is 4.79. The summed E-state index contributed by atoms with van der Waals surface area (Å²) in [7, 11) is 1.82. The maximum Gasteiger partial charge on any atom is 0.0712 e. The van der Waals surface area contributed by atoms with E-state index in [-0.39, 0.29) is 0 Å². The van der Waals surface area contributed by atoms with Gasteiger partial charge in [-0.05, 0) is 25.8 Å². The average Bonchev–Trinajstić information content (AvgIpc) is 2.38. The Morgan fingerprint density at radius 2 is 2.44 bits per heavy atom. The van der Waals surface area contributed by atoms with Crippen molar-refractivity contribution in [1.29, 1.82) is 0 Å². The van der Waals surface area contributed by atoms with Crippen molar-refractivity contribution in [3.8, 4) is 0 Å². The van der Waals surface area contributed by atoms with Crippen molar-refractivity contribution in [1.82, 2.24) is 10.2 Å². The highest BCUT2D eigenvalue weighted by atomic mass is 16.5. The summed E-state index contributed by atoms with van der Waals surface area (Å²) in [5.74, 6) is 0. The van der Waals surface area contributed by atoms with E-state index in [0.29, 0.717) is 12.2 Å². The SMILES string of the molecule is COC1CCCN(CCC2CNCCO2)C1. The van der Waals surface area contributed by atoms with Gasteiger partial charge in [0.25, 0.3) is 0 Å². The highest BCUT2D eigenvalue weighted by Crippen LogP contribution is 2.13. The van der Waals surface area contributed by atoms with Gasteiger partial charge in [0.05, 0.1) is 18.8 Å². The molecule has 2 aliphatic rings. The lowest BCUT2D eigenvalue weighted by Gasteiger charge is -2.33. The molecule has 0 saturated carbocycles. The number of hydrogen-bond acceptors (Lipinski definition) is 4. The van der Waals surface area contributed by atoms with E-state index < -0.39 is 0 Å². The largest absolute Gasteiger partial charge is 0.380 e. The van der Waals surface area contributed by atoms with Gasteiger partial charge < -0.3 is 19.7 Å². The van der Waals surface area contributed by atoms with Gasteiger partial charge >= 0.3 is 0 Å². The number of morpholine rings is 1. The van der Waals surface area contributed by atoms with Gasteiger partial charge in [-0.1, -0.05) is 0 Å². The van der Waals surface area contributed by atoms with Crippen LogP contribution in [0.25, 0.3) is 0 Å². The molecule has 0 bridgehead atoms. The summed E-state index contributed by atoms with van der Waals surface area (Å²) in [6.45, 7) is 6.35. The molecule has 94 valence electrons. The number of ether oxygens (including phenoxy) is 2. The summed E-state index contributed by atoms with van der Waals surface area (Å²) in [4.78, 5) is 2.51. The molecule has 2 rings (SSSR count). The first-order valence-electron chi connectivity index (χ1n) is 6.46. The predicted molar refractivity (Wildman–Crippen MR) is 63.7 cm³/mol. The molecule has 1 N–H and O–H groups in total. The average molecular weight is 228 g/mol. The third-order valence-corrected chi connectivity index (χ3v) is 3.57. The number of nitrogens with zero attached hydrogens (tertiary/aromatic N) is 1. The fraction of sp³-hybridized carbons (Fsp3) is 1.00. The molecule has 16 heavy (non-hydrogen) atoms. The standard InChI is InChI=1S/C12H24N2O2/c1-15-12-3-2-6-14(10-12)7-4-11-9-13-5-8-16-11/h11-13H,2-10H2,1H3. The third kappa shape index (κ3) is 3.70. The summed E-state index contributed by atoms with van der Waals surface area (Å²) < 4.78 is 11.1. The van der Waals surface area contributed by atoms with Crippen LogP contribution in [0.3, 0.4) is 0 Å². The second-order valence-corrected chi connectivity index (χ2v) is 4.79. The summed E-state index contributed by atoms with van der Waals surface area (Å²) in [6.07, 6.45) is 4.48. The van der Waals surface area contributed by atoms with Crippen molar-refractivity contribution in [2.75, 3.05) is 46.4 Å². The fourth-order valence-electron chi connectivity index (χ4n) is 2.54. The van der Waals surface area contributed by atoms with Crippen LogP contribution in [-0.4, -0.2) is 63.5 Å². The Labute approximate surface area is 98.3 Å². The van der Waals surface area contributed by atoms with E-state index in [1.165, 1.54) is 19.4 Å². The zero-order valence-electron chi connectivity index (χ0n) is 10.3. The molecule has 2 fully saturated rings. The topological polar surface area (TPSA) is 33.7 Å². The maximum absolute atomic E-state index is 5.70. The molecule has 0 spiro atoms. The molecule has 0 aliphatic carbocycles. The first kappa shape index (κ1) is 12.3. The summed E-state index contributed by atoms with van der Waals surface area (Å²) >= 11 is 0. The van der Waals surface area contributed by atoms with Gasteiger partial charge in [-0.15, -0.1) is 0 Å². The van der Waals surface area contributed by atoms with E-state index in [1.807, 2.05) is 7.11 Å². The van der Waals surface area contributed by atoms with E-state index >= 15 is 0 Å². The Hall–Kier alpha value is -0.160. The van der Waals surface area contributed by atoms with Gasteiger partial charge in [0.1, 0.15) is 0 Å². The number of methoxy groups -OCH3 is 1. The van der Waals surface area contributed by atoms with Gasteiger partial charge in [0, 0.05) is 33.3 Å². The smallest absolute Gasteiger partial charge is 0.0712 e. The van der Waals surface area contributed by atoms with E-state index in [4.69, 9.17) is 9.47 Å². The van der Waals surface area contributed by atoms with Crippen LogP contribution in [0.4, 0.5) is 0 Å². The van der Waals surface area contributed by atoms with Crippen LogP contribution in [0, 0.1) is 0 Å². The van der Waals surface area contributed by atoms with Crippen LogP contribution in [0.2, 0.25) is 0 Å². The number of rotatable bonds is 4. The highest BCUT2D eigenvalue weighted by molar-refractivity contribution is 4.75. The quantitative estimate of drug-likeness (QED) is 0.758. The molecular formula is C12H24N2O2. The minimum Gasteiger partial charge on any atom is -0.380 e. The Bertz CT molecular complexity index is 195. The molecule has 2 aliphatic heterocycles. The van der Waals surface area contributed by atoms with Gasteiger partial charge in [-0.3, -0.25) is 0 Å². The van der Waals surface area contributed by atoms with Crippen LogP contribution in [0.15, 0.2) is 0 Å². The summed E-state index contributed by atoms with van der Waals surface area (Å²) in [5.41, 5.74) is 0. The third-order valence-electron chi connectivity index (χ3n) is 3.57. The van der Waals surface area contributed by atoms with Crippen molar-refractivity contribution >= 4 is 0 Å². The lowest BCUT2D eigenvalue weighted by atomic mass is 10.1. The van der Waals surface area contributed by atoms with Crippen molar-refractivity contribution in [2.45, 2.75) is 31.5 Å². The van der Waals surface area contributed by atoms with Gasteiger partial charge in [-0.2, -0.15) is 0 Å². The number of likely N-dealkylation sites (tertiary alicyclic amines) is 1. The number of piperidine rings is 1. The lowest BCUT2D eigenvalue weighted by molar-refractivity contribution is 0.00121. The minimum absolute atomic E-state index is 0.414. The van der Waals surface area contributed by atoms with Crippen LogP contribution in [0.5, 0.6) is 0 Å². The predicted octanol–water partition coefficient (Wildman–Crippen LogP) is 0.476. The highest BCUT2D eigenvalue weighted by Gasteiger charge is 2.21. The van der Waals surface area contributed by atoms with Crippen LogP contribution >= 0.6 is 0 Å². The number of hydrogen-bond donors (Lipinski definition) is 1. The van der Waals surface area contributed by atoms with Crippen LogP contribution in [-0.2, 0) is 9.47 Å². The molecule has 2 heterocycles. The first-order valence-corrected chi connectivity index (χ1v) is 6.46. The first-order chi connectivity index (χ1) is 7.88. The van der Waals surface area contributed by atoms with E-state index in [0.717, 1.165) is 39.2 Å². The van der Waals surface area contributed by atoms with Gasteiger partial charge in [0.15, 0.2) is 0 Å². The molecule has 0 aromatic heterocycles. The zero-order valence-corrected chi connectivity index (χ0v) is 10.3. The molecule has 0 radical (unpaired) electrons. The van der Waals surface area contributed by atoms with Gasteiger partial charge in [-0.25, -0.2) is 0 Å². The molecule has 4 nitrogen and oxygen atoms in total. The normalized spacial score (nSPS) is 32.8. The Morgan fingerprint density at radius 3 is 3.19 bits per heavy atom. The van der Waals surface area contributed by atoms with E-state index in [2.05, 4.69) is 10.2 Å². The summed E-state index contributed by atoms with van der Waals surface area (Å²) in [5, 5.41) is 3.37. The minimum atomic E-state index is 0.414. The Morgan fingerprint density at radius 1 is 1.50 bits per heavy atom. The number of nitrogens with one attached hydrogen (secondary N) is 1.